The van der Waals surface area contributed by atoms with Crippen molar-refractivity contribution in [2.24, 2.45) is 5.92 Å². The lowest BCUT2D eigenvalue weighted by Gasteiger charge is -2.38. The van der Waals surface area contributed by atoms with E-state index in [1.165, 1.54) is 0 Å². The Morgan fingerprint density at radius 2 is 1.57 bits per heavy atom. The van der Waals surface area contributed by atoms with E-state index < -0.39 is 24.1 Å². The molecule has 0 saturated carbocycles. The van der Waals surface area contributed by atoms with Crippen molar-refractivity contribution < 1.29 is 33.6 Å². The zero-order valence-corrected chi connectivity index (χ0v) is 21.1. The highest BCUT2D eigenvalue weighted by Gasteiger charge is 2.35. The van der Waals surface area contributed by atoms with Gasteiger partial charge >= 0.3 is 12.0 Å². The summed E-state index contributed by atoms with van der Waals surface area (Å²) in [6.45, 7) is 4.23. The highest BCUT2D eigenvalue weighted by atomic mass is 16.5. The molecule has 1 heterocycles. The van der Waals surface area contributed by atoms with Crippen molar-refractivity contribution in [3.8, 4) is 23.0 Å². The normalized spacial score (nSPS) is 15.7. The number of urea groups is 1. The van der Waals surface area contributed by atoms with Crippen molar-refractivity contribution in [2.75, 3.05) is 35.0 Å². The maximum absolute atomic E-state index is 13.5. The number of nitrogens with one attached hydrogen (secondary N) is 1. The first-order chi connectivity index (χ1) is 16.7. The molecule has 0 spiro atoms. The van der Waals surface area contributed by atoms with E-state index >= 15 is 0 Å². The number of amides is 2. The van der Waals surface area contributed by atoms with Gasteiger partial charge in [0, 0.05) is 6.54 Å². The van der Waals surface area contributed by atoms with Gasteiger partial charge in [0.15, 0.2) is 23.0 Å². The zero-order chi connectivity index (χ0) is 25.7. The average Bonchev–Trinajstić information content (AvgIpc) is 2.85. The van der Waals surface area contributed by atoms with E-state index in [1.807, 2.05) is 38.1 Å². The molecule has 190 valence electrons. The number of methoxy groups -OCH3 is 4. The number of nitrogens with zero attached hydrogens (tertiary/aromatic N) is 1. The predicted molar refractivity (Wildman–Crippen MR) is 131 cm³/mol. The topological polar surface area (TPSA) is 107 Å². The lowest BCUT2D eigenvalue weighted by Crippen LogP contribution is -2.51. The van der Waals surface area contributed by atoms with Gasteiger partial charge in [-0.2, -0.15) is 0 Å². The Labute approximate surface area is 205 Å². The third kappa shape index (κ3) is 5.55. The fourth-order valence-electron chi connectivity index (χ4n) is 4.47. The molecule has 3 rings (SSSR count). The van der Waals surface area contributed by atoms with Crippen LogP contribution in [-0.4, -0.2) is 63.0 Å². The van der Waals surface area contributed by atoms with Crippen LogP contribution in [-0.2, 0) is 11.2 Å². The van der Waals surface area contributed by atoms with Gasteiger partial charge in [-0.15, -0.1) is 0 Å². The summed E-state index contributed by atoms with van der Waals surface area (Å²) >= 11 is 0. The number of rotatable bonds is 9. The van der Waals surface area contributed by atoms with Crippen LogP contribution in [0.4, 0.5) is 4.79 Å². The van der Waals surface area contributed by atoms with Crippen LogP contribution in [0.2, 0.25) is 0 Å². The molecule has 1 aliphatic heterocycles. The molecule has 1 unspecified atom stereocenters. The molecule has 9 nitrogen and oxygen atoms in total. The van der Waals surface area contributed by atoms with Crippen molar-refractivity contribution >= 4 is 12.0 Å². The molecule has 1 aliphatic rings. The minimum absolute atomic E-state index is 0.108. The number of carbonyl (C=O) groups is 2. The van der Waals surface area contributed by atoms with E-state index in [-0.39, 0.29) is 5.92 Å². The minimum Gasteiger partial charge on any atom is -0.493 e. The Balaban J connectivity index is 2.10. The Morgan fingerprint density at radius 1 is 0.971 bits per heavy atom. The third-order valence-electron chi connectivity index (χ3n) is 6.16. The molecule has 2 N–H and O–H groups in total. The third-order valence-corrected chi connectivity index (χ3v) is 6.16. The molecular weight excluding hydrogens is 452 g/mol. The molecule has 0 fully saturated rings. The molecule has 9 heteroatoms. The van der Waals surface area contributed by atoms with E-state index in [0.717, 1.165) is 16.7 Å². The first-order valence-electron chi connectivity index (χ1n) is 11.5. The standard InChI is InChI=1S/C26H34N2O7/c1-15(2)11-19(25(29)30)27-26(31)28-10-9-16-12-22(34-5)23(35-6)14-18(16)24(28)17-7-8-20(32-3)21(13-17)33-4/h7-8,12-15,19,24H,9-11H2,1-6H3,(H,27,31)(H,29,30)/t19-,24?/m0/s1. The maximum atomic E-state index is 13.5. The Kier molecular flexibility index (Phi) is 8.32. The summed E-state index contributed by atoms with van der Waals surface area (Å²) in [5.74, 6) is 1.30. The van der Waals surface area contributed by atoms with Crippen LogP contribution in [0, 0.1) is 5.92 Å². The Morgan fingerprint density at radius 3 is 2.14 bits per heavy atom. The minimum atomic E-state index is -1.06. The number of benzene rings is 2. The van der Waals surface area contributed by atoms with E-state index in [1.54, 1.807) is 39.4 Å². The van der Waals surface area contributed by atoms with Gasteiger partial charge in [-0.1, -0.05) is 19.9 Å². The van der Waals surface area contributed by atoms with Gasteiger partial charge in [-0.3, -0.25) is 0 Å². The second kappa shape index (κ2) is 11.2. The number of fused-ring (bicyclic) bond motifs is 1. The summed E-state index contributed by atoms with van der Waals surface area (Å²) < 4.78 is 21.9. The van der Waals surface area contributed by atoms with Crippen LogP contribution in [0.1, 0.15) is 43.0 Å². The quantitative estimate of drug-likeness (QED) is 0.554. The zero-order valence-electron chi connectivity index (χ0n) is 21.1. The fourth-order valence-corrected chi connectivity index (χ4v) is 4.47. The smallest absolute Gasteiger partial charge is 0.326 e. The second-order valence-electron chi connectivity index (χ2n) is 8.84. The van der Waals surface area contributed by atoms with E-state index in [0.29, 0.717) is 42.4 Å². The molecule has 0 aromatic heterocycles. The summed E-state index contributed by atoms with van der Waals surface area (Å²) in [6.07, 6.45) is 0.909. The van der Waals surface area contributed by atoms with Gasteiger partial charge in [0.25, 0.3) is 0 Å². The molecule has 2 aromatic carbocycles. The monoisotopic (exact) mass is 486 g/mol. The number of carboxylic acid groups (broad SMARTS) is 1. The lowest BCUT2D eigenvalue weighted by molar-refractivity contribution is -0.139. The molecule has 0 radical (unpaired) electrons. The summed E-state index contributed by atoms with van der Waals surface area (Å²) in [4.78, 5) is 27.0. The van der Waals surface area contributed by atoms with Crippen LogP contribution in [0.15, 0.2) is 30.3 Å². The Hall–Kier alpha value is -3.62. The van der Waals surface area contributed by atoms with Crippen molar-refractivity contribution in [2.45, 2.75) is 38.8 Å². The summed E-state index contributed by atoms with van der Waals surface area (Å²) in [7, 11) is 6.26. The molecule has 2 atom stereocenters. The van der Waals surface area contributed by atoms with E-state index in [9.17, 15) is 14.7 Å². The van der Waals surface area contributed by atoms with Crippen molar-refractivity contribution in [1.29, 1.82) is 0 Å². The van der Waals surface area contributed by atoms with Gasteiger partial charge < -0.3 is 34.3 Å². The number of hydrogen-bond acceptors (Lipinski definition) is 6. The number of hydrogen-bond donors (Lipinski definition) is 2. The molecule has 0 aliphatic carbocycles. The number of ether oxygens (including phenoxy) is 4. The highest BCUT2D eigenvalue weighted by Crippen LogP contribution is 2.42. The summed E-state index contributed by atoms with van der Waals surface area (Å²) in [5, 5.41) is 12.4. The van der Waals surface area contributed by atoms with Crippen LogP contribution in [0.5, 0.6) is 23.0 Å². The number of carbonyl (C=O) groups excluding carboxylic acids is 1. The van der Waals surface area contributed by atoms with Crippen molar-refractivity contribution in [3.63, 3.8) is 0 Å². The van der Waals surface area contributed by atoms with E-state index in [2.05, 4.69) is 5.32 Å². The molecule has 2 amide bonds. The summed E-state index contributed by atoms with van der Waals surface area (Å²) in [5.41, 5.74) is 2.68. The van der Waals surface area contributed by atoms with Gasteiger partial charge in [-0.25, -0.2) is 9.59 Å². The molecule has 2 aromatic rings. The molecule has 0 bridgehead atoms. The van der Waals surface area contributed by atoms with Crippen molar-refractivity contribution in [1.82, 2.24) is 10.2 Å². The van der Waals surface area contributed by atoms with Crippen LogP contribution in [0.3, 0.4) is 0 Å². The van der Waals surface area contributed by atoms with Crippen LogP contribution >= 0.6 is 0 Å². The van der Waals surface area contributed by atoms with Crippen LogP contribution < -0.4 is 24.3 Å². The largest absolute Gasteiger partial charge is 0.493 e. The van der Waals surface area contributed by atoms with Gasteiger partial charge in [0.1, 0.15) is 6.04 Å². The molecular formula is C26H34N2O7. The molecule has 35 heavy (non-hydrogen) atoms. The average molecular weight is 487 g/mol. The highest BCUT2D eigenvalue weighted by molar-refractivity contribution is 5.83. The SMILES string of the molecule is COc1ccc(C2c3cc(OC)c(OC)cc3CCN2C(=O)N[C@@H](CC(C)C)C(=O)O)cc1OC. The summed E-state index contributed by atoms with van der Waals surface area (Å²) in [6, 6.07) is 7.36. The first-order valence-corrected chi connectivity index (χ1v) is 11.5. The second-order valence-corrected chi connectivity index (χ2v) is 8.84. The number of aliphatic carboxylic acids is 1. The molecule has 0 saturated heterocycles. The van der Waals surface area contributed by atoms with Gasteiger partial charge in [0.05, 0.1) is 34.5 Å². The lowest BCUT2D eigenvalue weighted by atomic mass is 9.87. The fraction of sp³-hybridized carbons (Fsp3) is 0.462. The number of carboxylic acids is 1. The first kappa shape index (κ1) is 26.0. The maximum Gasteiger partial charge on any atom is 0.326 e. The van der Waals surface area contributed by atoms with Gasteiger partial charge in [0.2, 0.25) is 0 Å². The predicted octanol–water partition coefficient (Wildman–Crippen LogP) is 3.88. The van der Waals surface area contributed by atoms with Crippen molar-refractivity contribution in [3.05, 3.63) is 47.0 Å². The van der Waals surface area contributed by atoms with E-state index in [4.69, 9.17) is 18.9 Å². The van der Waals surface area contributed by atoms with Gasteiger partial charge in [-0.05, 0) is 59.7 Å². The van der Waals surface area contributed by atoms with Crippen LogP contribution in [0.25, 0.3) is 0 Å². The Bertz CT molecular complexity index is 1070.